The number of nitrogens with two attached hydrogens (primary N) is 1. The molecule has 18 heavy (non-hydrogen) atoms. The average Bonchev–Trinajstić information content (AvgIpc) is 2.85. The fraction of sp³-hybridized carbons (Fsp3) is 0.182. The maximum Gasteiger partial charge on any atom is 0.326 e. The van der Waals surface area contributed by atoms with Crippen LogP contribution in [0.25, 0.3) is 0 Å². The zero-order valence-electron chi connectivity index (χ0n) is 9.41. The van der Waals surface area contributed by atoms with Crippen molar-refractivity contribution in [3.05, 3.63) is 41.2 Å². The summed E-state index contributed by atoms with van der Waals surface area (Å²) in [6.45, 7) is 0.609. The summed E-state index contributed by atoms with van der Waals surface area (Å²) in [5.74, 6) is -1.08. The fourth-order valence-electron chi connectivity index (χ4n) is 1.32. The molecule has 0 saturated carbocycles. The molecule has 2 aromatic rings. The first kappa shape index (κ1) is 12.5. The number of nitrogens with zero attached hydrogens (tertiary/aromatic N) is 2. The van der Waals surface area contributed by atoms with E-state index in [0.717, 1.165) is 5.56 Å². The Labute approximate surface area is 108 Å². The number of aromatic nitrogens is 2. The molecule has 0 aliphatic rings. The minimum absolute atomic E-state index is 0.365. The SMILES string of the molecule is NC(C(=O)O)c1csc(NCc2ccncc2)n1. The molecule has 7 heteroatoms. The zero-order valence-corrected chi connectivity index (χ0v) is 10.2. The van der Waals surface area contributed by atoms with Crippen LogP contribution in [0.4, 0.5) is 5.13 Å². The Morgan fingerprint density at radius 2 is 2.22 bits per heavy atom. The van der Waals surface area contributed by atoms with Gasteiger partial charge in [0.1, 0.15) is 6.04 Å². The Bertz CT molecular complexity index is 529. The average molecular weight is 264 g/mol. The normalized spacial score (nSPS) is 12.1. The number of carbonyl (C=O) groups is 1. The number of thiazole rings is 1. The zero-order chi connectivity index (χ0) is 13.0. The number of pyridine rings is 1. The summed E-state index contributed by atoms with van der Waals surface area (Å²) in [6.07, 6.45) is 3.43. The second-order valence-electron chi connectivity index (χ2n) is 3.60. The van der Waals surface area contributed by atoms with Gasteiger partial charge in [-0.15, -0.1) is 11.3 Å². The van der Waals surface area contributed by atoms with Crippen molar-refractivity contribution >= 4 is 22.4 Å². The monoisotopic (exact) mass is 264 g/mol. The summed E-state index contributed by atoms with van der Waals surface area (Å²) in [5.41, 5.74) is 6.91. The molecular formula is C11H12N4O2S. The fourth-order valence-corrected chi connectivity index (χ4v) is 2.06. The van der Waals surface area contributed by atoms with Crippen molar-refractivity contribution in [3.63, 3.8) is 0 Å². The minimum Gasteiger partial charge on any atom is -0.480 e. The molecule has 0 spiro atoms. The molecule has 2 aromatic heterocycles. The number of carboxylic acid groups (broad SMARTS) is 1. The molecule has 0 saturated heterocycles. The first-order valence-corrected chi connectivity index (χ1v) is 6.11. The molecule has 94 valence electrons. The number of rotatable bonds is 5. The van der Waals surface area contributed by atoms with E-state index in [0.29, 0.717) is 17.4 Å². The highest BCUT2D eigenvalue weighted by atomic mass is 32.1. The number of anilines is 1. The lowest BCUT2D eigenvalue weighted by molar-refractivity contribution is -0.138. The standard InChI is InChI=1S/C11H12N4O2S/c12-9(10(16)17)8-6-18-11(15-8)14-5-7-1-3-13-4-2-7/h1-4,6,9H,5,12H2,(H,14,15)(H,16,17). The number of carboxylic acids is 1. The number of hydrogen-bond donors (Lipinski definition) is 3. The van der Waals surface area contributed by atoms with Gasteiger partial charge in [0.05, 0.1) is 5.69 Å². The molecule has 0 bridgehead atoms. The van der Waals surface area contributed by atoms with Crippen molar-refractivity contribution in [2.75, 3.05) is 5.32 Å². The topological polar surface area (TPSA) is 101 Å². The molecule has 0 fully saturated rings. The molecule has 1 unspecified atom stereocenters. The first-order chi connectivity index (χ1) is 8.66. The lowest BCUT2D eigenvalue weighted by Crippen LogP contribution is -2.20. The van der Waals surface area contributed by atoms with Crippen LogP contribution in [0.2, 0.25) is 0 Å². The van der Waals surface area contributed by atoms with E-state index < -0.39 is 12.0 Å². The summed E-state index contributed by atoms with van der Waals surface area (Å²) < 4.78 is 0. The summed E-state index contributed by atoms with van der Waals surface area (Å²) >= 11 is 1.33. The minimum atomic E-state index is -1.08. The van der Waals surface area contributed by atoms with Crippen molar-refractivity contribution in [1.82, 2.24) is 9.97 Å². The van der Waals surface area contributed by atoms with E-state index in [1.807, 2.05) is 12.1 Å². The molecule has 4 N–H and O–H groups in total. The summed E-state index contributed by atoms with van der Waals surface area (Å²) in [7, 11) is 0. The molecule has 2 rings (SSSR count). The van der Waals surface area contributed by atoms with Gasteiger partial charge in [-0.2, -0.15) is 0 Å². The van der Waals surface area contributed by atoms with E-state index in [1.54, 1.807) is 17.8 Å². The Morgan fingerprint density at radius 1 is 1.50 bits per heavy atom. The Kier molecular flexibility index (Phi) is 3.85. The van der Waals surface area contributed by atoms with Crippen LogP contribution in [0.5, 0.6) is 0 Å². The van der Waals surface area contributed by atoms with Gasteiger partial charge in [-0.1, -0.05) is 0 Å². The van der Waals surface area contributed by atoms with Crippen molar-refractivity contribution < 1.29 is 9.90 Å². The quantitative estimate of drug-likeness (QED) is 0.751. The van der Waals surface area contributed by atoms with Crippen LogP contribution in [0.3, 0.4) is 0 Å². The Balaban J connectivity index is 1.97. The van der Waals surface area contributed by atoms with Gasteiger partial charge >= 0.3 is 5.97 Å². The second-order valence-corrected chi connectivity index (χ2v) is 4.46. The number of aliphatic carboxylic acids is 1. The van der Waals surface area contributed by atoms with E-state index in [2.05, 4.69) is 15.3 Å². The van der Waals surface area contributed by atoms with Gasteiger partial charge in [0.15, 0.2) is 5.13 Å². The summed E-state index contributed by atoms with van der Waals surface area (Å²) in [5, 5.41) is 14.2. The van der Waals surface area contributed by atoms with Gasteiger partial charge in [-0.3, -0.25) is 9.78 Å². The molecule has 0 amide bonds. The molecular weight excluding hydrogens is 252 g/mol. The van der Waals surface area contributed by atoms with E-state index in [1.165, 1.54) is 11.3 Å². The van der Waals surface area contributed by atoms with E-state index >= 15 is 0 Å². The van der Waals surface area contributed by atoms with Gasteiger partial charge in [-0.25, -0.2) is 4.98 Å². The third-order valence-electron chi connectivity index (χ3n) is 2.30. The largest absolute Gasteiger partial charge is 0.480 e. The molecule has 6 nitrogen and oxygen atoms in total. The molecule has 0 radical (unpaired) electrons. The molecule has 2 heterocycles. The van der Waals surface area contributed by atoms with E-state index in [-0.39, 0.29) is 0 Å². The Hall–Kier alpha value is -1.99. The molecule has 0 aliphatic heterocycles. The van der Waals surface area contributed by atoms with Crippen LogP contribution < -0.4 is 11.1 Å². The van der Waals surface area contributed by atoms with Crippen LogP contribution in [-0.2, 0) is 11.3 Å². The Morgan fingerprint density at radius 3 is 2.89 bits per heavy atom. The van der Waals surface area contributed by atoms with Crippen molar-refractivity contribution in [2.45, 2.75) is 12.6 Å². The highest BCUT2D eigenvalue weighted by Crippen LogP contribution is 2.20. The smallest absolute Gasteiger partial charge is 0.326 e. The summed E-state index contributed by atoms with van der Waals surface area (Å²) in [4.78, 5) is 18.8. The lowest BCUT2D eigenvalue weighted by atomic mass is 10.2. The molecule has 1 atom stereocenters. The predicted molar refractivity (Wildman–Crippen MR) is 68.2 cm³/mol. The number of nitrogens with one attached hydrogen (secondary N) is 1. The van der Waals surface area contributed by atoms with Gasteiger partial charge < -0.3 is 16.2 Å². The highest BCUT2D eigenvalue weighted by Gasteiger charge is 2.17. The van der Waals surface area contributed by atoms with E-state index in [9.17, 15) is 4.79 Å². The lowest BCUT2D eigenvalue weighted by Gasteiger charge is -2.03. The van der Waals surface area contributed by atoms with Gasteiger partial charge in [0, 0.05) is 24.3 Å². The maximum absolute atomic E-state index is 10.7. The van der Waals surface area contributed by atoms with Gasteiger partial charge in [0.25, 0.3) is 0 Å². The van der Waals surface area contributed by atoms with Crippen molar-refractivity contribution in [3.8, 4) is 0 Å². The summed E-state index contributed by atoms with van der Waals surface area (Å²) in [6, 6.07) is 2.72. The van der Waals surface area contributed by atoms with Gasteiger partial charge in [-0.05, 0) is 17.7 Å². The third kappa shape index (κ3) is 3.02. The predicted octanol–water partition coefficient (Wildman–Crippen LogP) is 1.23. The van der Waals surface area contributed by atoms with Crippen LogP contribution in [-0.4, -0.2) is 21.0 Å². The second kappa shape index (κ2) is 5.56. The third-order valence-corrected chi connectivity index (χ3v) is 3.12. The molecule has 0 aromatic carbocycles. The van der Waals surface area contributed by atoms with Crippen molar-refractivity contribution in [1.29, 1.82) is 0 Å². The highest BCUT2D eigenvalue weighted by molar-refractivity contribution is 7.13. The van der Waals surface area contributed by atoms with E-state index in [4.69, 9.17) is 10.8 Å². The van der Waals surface area contributed by atoms with Crippen molar-refractivity contribution in [2.24, 2.45) is 5.73 Å². The van der Waals surface area contributed by atoms with Crippen LogP contribution in [0.15, 0.2) is 29.9 Å². The maximum atomic E-state index is 10.7. The first-order valence-electron chi connectivity index (χ1n) is 5.23. The number of hydrogen-bond acceptors (Lipinski definition) is 6. The molecule has 0 aliphatic carbocycles. The van der Waals surface area contributed by atoms with Crippen LogP contribution >= 0.6 is 11.3 Å². The van der Waals surface area contributed by atoms with Crippen LogP contribution in [0, 0.1) is 0 Å². The van der Waals surface area contributed by atoms with Gasteiger partial charge in [0.2, 0.25) is 0 Å². The van der Waals surface area contributed by atoms with Crippen LogP contribution in [0.1, 0.15) is 17.3 Å².